The number of nitrogens with zero attached hydrogens (tertiary/aromatic N) is 2. The summed E-state index contributed by atoms with van der Waals surface area (Å²) in [6.07, 6.45) is 4.39. The zero-order valence-corrected chi connectivity index (χ0v) is 11.7. The summed E-state index contributed by atoms with van der Waals surface area (Å²) in [5, 5.41) is 0. The fourth-order valence-electron chi connectivity index (χ4n) is 2.84. The van der Waals surface area contributed by atoms with Crippen LogP contribution in [0.2, 0.25) is 0 Å². The number of aromatic nitrogens is 1. The van der Waals surface area contributed by atoms with Gasteiger partial charge in [-0.05, 0) is 49.1 Å². The van der Waals surface area contributed by atoms with Crippen molar-refractivity contribution in [3.05, 3.63) is 65.7 Å². The Morgan fingerprint density at radius 1 is 1.24 bits per heavy atom. The average Bonchev–Trinajstić information content (AvgIpc) is 2.98. The minimum Gasteiger partial charge on any atom is -0.334 e. The van der Waals surface area contributed by atoms with E-state index < -0.39 is 0 Å². The smallest absolute Gasteiger partial charge is 0.272 e. The number of rotatable bonds is 3. The Kier molecular flexibility index (Phi) is 3.95. The number of pyridine rings is 1. The van der Waals surface area contributed by atoms with Gasteiger partial charge in [-0.3, -0.25) is 9.78 Å². The quantitative estimate of drug-likeness (QED) is 0.868. The number of likely N-dealkylation sites (tertiary alicyclic amines) is 1. The molecule has 1 fully saturated rings. The average molecular weight is 284 g/mol. The fraction of sp³-hybridized carbons (Fsp3) is 0.294. The molecule has 1 atom stereocenters. The Bertz CT molecular complexity index is 612. The van der Waals surface area contributed by atoms with Gasteiger partial charge in [-0.15, -0.1) is 0 Å². The van der Waals surface area contributed by atoms with Crippen LogP contribution < -0.4 is 0 Å². The maximum atomic E-state index is 13.0. The second-order valence-corrected chi connectivity index (χ2v) is 5.34. The first-order chi connectivity index (χ1) is 10.2. The molecule has 0 N–H and O–H groups in total. The molecule has 4 heteroatoms. The van der Waals surface area contributed by atoms with Gasteiger partial charge in [0.15, 0.2) is 0 Å². The molecule has 0 bridgehead atoms. The lowest BCUT2D eigenvalue weighted by Gasteiger charge is -2.24. The normalized spacial score (nSPS) is 18.0. The van der Waals surface area contributed by atoms with E-state index in [1.54, 1.807) is 30.5 Å². The highest BCUT2D eigenvalue weighted by Gasteiger charge is 2.29. The van der Waals surface area contributed by atoms with Crippen LogP contribution >= 0.6 is 0 Å². The predicted molar refractivity (Wildman–Crippen MR) is 78.4 cm³/mol. The number of hydrogen-bond donors (Lipinski definition) is 0. The van der Waals surface area contributed by atoms with E-state index in [2.05, 4.69) is 4.98 Å². The Balaban J connectivity index is 1.73. The van der Waals surface area contributed by atoms with E-state index in [0.717, 1.165) is 31.4 Å². The standard InChI is InChI=1S/C17H17FN2O/c18-14-8-6-13(7-9-14)12-15-4-3-11-20(15)17(21)16-5-1-2-10-19-16/h1-2,5-10,15H,3-4,11-12H2. The molecule has 0 saturated carbocycles. The van der Waals surface area contributed by atoms with Crippen molar-refractivity contribution in [1.29, 1.82) is 0 Å². The van der Waals surface area contributed by atoms with Crippen LogP contribution in [0.25, 0.3) is 0 Å². The number of carbonyl (C=O) groups excluding carboxylic acids is 1. The summed E-state index contributed by atoms with van der Waals surface area (Å²) in [5.41, 5.74) is 1.55. The molecule has 2 aromatic rings. The van der Waals surface area contributed by atoms with Crippen molar-refractivity contribution in [1.82, 2.24) is 9.88 Å². The molecule has 0 spiro atoms. The molecule has 3 rings (SSSR count). The van der Waals surface area contributed by atoms with E-state index in [4.69, 9.17) is 0 Å². The lowest BCUT2D eigenvalue weighted by atomic mass is 10.0. The highest BCUT2D eigenvalue weighted by atomic mass is 19.1. The van der Waals surface area contributed by atoms with E-state index in [0.29, 0.717) is 5.69 Å². The number of amides is 1. The van der Waals surface area contributed by atoms with Gasteiger partial charge in [-0.1, -0.05) is 18.2 Å². The Morgan fingerprint density at radius 2 is 2.05 bits per heavy atom. The molecule has 1 aliphatic heterocycles. The van der Waals surface area contributed by atoms with Gasteiger partial charge < -0.3 is 4.90 Å². The summed E-state index contributed by atoms with van der Waals surface area (Å²) in [6.45, 7) is 0.765. The van der Waals surface area contributed by atoms with Gasteiger partial charge in [-0.2, -0.15) is 0 Å². The molecular formula is C17H17FN2O. The van der Waals surface area contributed by atoms with Gasteiger partial charge in [0.2, 0.25) is 0 Å². The van der Waals surface area contributed by atoms with Crippen LogP contribution in [-0.2, 0) is 6.42 Å². The van der Waals surface area contributed by atoms with E-state index in [-0.39, 0.29) is 17.8 Å². The van der Waals surface area contributed by atoms with Crippen molar-refractivity contribution in [3.63, 3.8) is 0 Å². The van der Waals surface area contributed by atoms with E-state index in [1.165, 1.54) is 12.1 Å². The maximum Gasteiger partial charge on any atom is 0.272 e. The lowest BCUT2D eigenvalue weighted by Crippen LogP contribution is -2.37. The summed E-state index contributed by atoms with van der Waals surface area (Å²) in [7, 11) is 0. The first kappa shape index (κ1) is 13.7. The minimum absolute atomic E-state index is 0.0137. The third-order valence-electron chi connectivity index (χ3n) is 3.91. The molecule has 1 unspecified atom stereocenters. The molecule has 21 heavy (non-hydrogen) atoms. The Hall–Kier alpha value is -2.23. The van der Waals surface area contributed by atoms with Gasteiger partial charge in [0.25, 0.3) is 5.91 Å². The highest BCUT2D eigenvalue weighted by molar-refractivity contribution is 5.92. The van der Waals surface area contributed by atoms with Crippen molar-refractivity contribution in [2.45, 2.75) is 25.3 Å². The topological polar surface area (TPSA) is 33.2 Å². The third-order valence-corrected chi connectivity index (χ3v) is 3.91. The summed E-state index contributed by atoms with van der Waals surface area (Å²) >= 11 is 0. The molecule has 2 heterocycles. The predicted octanol–water partition coefficient (Wildman–Crippen LogP) is 3.07. The minimum atomic E-state index is -0.230. The molecule has 1 amide bonds. The number of hydrogen-bond acceptors (Lipinski definition) is 2. The van der Waals surface area contributed by atoms with Crippen molar-refractivity contribution < 1.29 is 9.18 Å². The van der Waals surface area contributed by atoms with Crippen LogP contribution in [0, 0.1) is 5.82 Å². The highest BCUT2D eigenvalue weighted by Crippen LogP contribution is 2.23. The Labute approximate surface area is 123 Å². The van der Waals surface area contributed by atoms with Gasteiger partial charge in [0, 0.05) is 18.8 Å². The van der Waals surface area contributed by atoms with Crippen LogP contribution in [0.3, 0.4) is 0 Å². The molecule has 0 aliphatic carbocycles. The first-order valence-corrected chi connectivity index (χ1v) is 7.20. The molecule has 3 nitrogen and oxygen atoms in total. The molecule has 1 saturated heterocycles. The zero-order chi connectivity index (χ0) is 14.7. The second-order valence-electron chi connectivity index (χ2n) is 5.34. The molecular weight excluding hydrogens is 267 g/mol. The lowest BCUT2D eigenvalue weighted by molar-refractivity contribution is 0.0730. The van der Waals surface area contributed by atoms with E-state index in [9.17, 15) is 9.18 Å². The Morgan fingerprint density at radius 3 is 2.76 bits per heavy atom. The van der Waals surface area contributed by atoms with Crippen molar-refractivity contribution in [2.75, 3.05) is 6.54 Å². The second kappa shape index (κ2) is 6.04. The van der Waals surface area contributed by atoms with Gasteiger partial charge >= 0.3 is 0 Å². The van der Waals surface area contributed by atoms with Gasteiger partial charge in [0.05, 0.1) is 0 Å². The van der Waals surface area contributed by atoms with Crippen molar-refractivity contribution in [2.24, 2.45) is 0 Å². The van der Waals surface area contributed by atoms with Crippen LogP contribution in [0.1, 0.15) is 28.9 Å². The summed E-state index contributed by atoms with van der Waals surface area (Å²) < 4.78 is 13.0. The van der Waals surface area contributed by atoms with Crippen LogP contribution in [0.4, 0.5) is 4.39 Å². The largest absolute Gasteiger partial charge is 0.334 e. The van der Waals surface area contributed by atoms with Crippen LogP contribution in [0.5, 0.6) is 0 Å². The van der Waals surface area contributed by atoms with Crippen molar-refractivity contribution in [3.8, 4) is 0 Å². The number of halogens is 1. The van der Waals surface area contributed by atoms with E-state index >= 15 is 0 Å². The monoisotopic (exact) mass is 284 g/mol. The summed E-state index contributed by atoms with van der Waals surface area (Å²) in [6, 6.07) is 12.1. The molecule has 0 radical (unpaired) electrons. The van der Waals surface area contributed by atoms with Crippen LogP contribution in [-0.4, -0.2) is 28.4 Å². The van der Waals surface area contributed by atoms with Gasteiger partial charge in [-0.25, -0.2) is 4.39 Å². The van der Waals surface area contributed by atoms with Gasteiger partial charge in [0.1, 0.15) is 11.5 Å². The SMILES string of the molecule is O=C(c1ccccn1)N1CCCC1Cc1ccc(F)cc1. The molecule has 1 aromatic carbocycles. The summed E-state index contributed by atoms with van der Waals surface area (Å²) in [4.78, 5) is 18.5. The fourth-order valence-corrected chi connectivity index (χ4v) is 2.84. The molecule has 1 aromatic heterocycles. The van der Waals surface area contributed by atoms with Crippen LogP contribution in [0.15, 0.2) is 48.7 Å². The third kappa shape index (κ3) is 3.10. The zero-order valence-electron chi connectivity index (χ0n) is 11.7. The van der Waals surface area contributed by atoms with E-state index in [1.807, 2.05) is 11.0 Å². The number of benzene rings is 1. The molecule has 108 valence electrons. The maximum absolute atomic E-state index is 13.0. The first-order valence-electron chi connectivity index (χ1n) is 7.20. The number of carbonyl (C=O) groups is 1. The molecule has 1 aliphatic rings. The van der Waals surface area contributed by atoms with Crippen molar-refractivity contribution >= 4 is 5.91 Å². The summed E-state index contributed by atoms with van der Waals surface area (Å²) in [5.74, 6) is -0.244.